The quantitative estimate of drug-likeness (QED) is 0.170. The fourth-order valence-corrected chi connectivity index (χ4v) is 3.75. The van der Waals surface area contributed by atoms with Crippen molar-refractivity contribution in [2.45, 2.75) is 77.7 Å². The number of nitrogens with one attached hydrogen (secondary N) is 4. The van der Waals surface area contributed by atoms with Crippen molar-refractivity contribution in [2.24, 2.45) is 17.6 Å². The van der Waals surface area contributed by atoms with Crippen LogP contribution in [0.4, 0.5) is 4.79 Å². The zero-order valence-electron chi connectivity index (χ0n) is 24.2. The van der Waals surface area contributed by atoms with Crippen molar-refractivity contribution in [3.63, 3.8) is 0 Å². The van der Waals surface area contributed by atoms with Crippen molar-refractivity contribution < 1.29 is 33.8 Å². The molecule has 0 radical (unpaired) electrons. The summed E-state index contributed by atoms with van der Waals surface area (Å²) in [4.78, 5) is 60.9. The number of hydrogen-bond acceptors (Lipinski definition) is 8. The zero-order chi connectivity index (χ0) is 31.2. The van der Waals surface area contributed by atoms with E-state index in [4.69, 9.17) is 10.5 Å². The Balaban J connectivity index is 2.95. The van der Waals surface area contributed by atoms with E-state index in [1.165, 1.54) is 0 Å². The standard InChI is InChI=1S/C28H42N6O7/c1-17(2)11-21(26(39)32-16-24(37)31-15-23(30)36)33-25(38)19(14-29)13-22(35)20(12-18-9-7-6-8-10-18)34-27(40)41-28(3,4)5/h6-10,17,19-22,35H,11-13,15-16H2,1-5H3,(H2,30,36)(H,31,37)(H,32,39)(H,33,38)(H,34,40)/t19?,20-,21-,22?/m0/s1. The topological polar surface area (TPSA) is 213 Å². The number of primary amides is 1. The van der Waals surface area contributed by atoms with Gasteiger partial charge in [-0.15, -0.1) is 0 Å². The number of nitriles is 1. The second-order valence-electron chi connectivity index (χ2n) is 11.1. The van der Waals surface area contributed by atoms with Crippen molar-refractivity contribution in [1.29, 1.82) is 5.26 Å². The summed E-state index contributed by atoms with van der Waals surface area (Å²) < 4.78 is 5.32. The minimum Gasteiger partial charge on any atom is -0.444 e. The van der Waals surface area contributed by atoms with E-state index in [9.17, 15) is 34.3 Å². The molecular weight excluding hydrogens is 532 g/mol. The summed E-state index contributed by atoms with van der Waals surface area (Å²) in [7, 11) is 0. The highest BCUT2D eigenvalue weighted by Gasteiger charge is 2.32. The molecule has 0 bridgehead atoms. The van der Waals surface area contributed by atoms with Gasteiger partial charge in [-0.3, -0.25) is 19.2 Å². The number of rotatable bonds is 15. The molecule has 7 N–H and O–H groups in total. The van der Waals surface area contributed by atoms with E-state index in [1.807, 2.05) is 38.1 Å². The third-order valence-electron chi connectivity index (χ3n) is 5.64. The first-order valence-electron chi connectivity index (χ1n) is 13.4. The fraction of sp³-hybridized carbons (Fsp3) is 0.571. The molecule has 1 aromatic carbocycles. The molecule has 0 aliphatic heterocycles. The average Bonchev–Trinajstić information content (AvgIpc) is 2.87. The van der Waals surface area contributed by atoms with E-state index in [-0.39, 0.29) is 31.7 Å². The number of carbonyl (C=O) groups excluding carboxylic acids is 5. The van der Waals surface area contributed by atoms with Gasteiger partial charge in [0.2, 0.25) is 23.6 Å². The Morgan fingerprint density at radius 2 is 1.61 bits per heavy atom. The molecule has 5 amide bonds. The Morgan fingerprint density at radius 1 is 0.976 bits per heavy atom. The maximum atomic E-state index is 13.0. The summed E-state index contributed by atoms with van der Waals surface area (Å²) in [5.41, 5.74) is 5.00. The number of carbonyl (C=O) groups is 5. The first kappa shape index (κ1) is 34.8. The maximum Gasteiger partial charge on any atom is 0.407 e. The molecule has 0 fully saturated rings. The van der Waals surface area contributed by atoms with Gasteiger partial charge in [0.15, 0.2) is 0 Å². The molecule has 1 rings (SSSR count). The maximum absolute atomic E-state index is 13.0. The summed E-state index contributed by atoms with van der Waals surface area (Å²) in [5.74, 6) is -4.23. The molecule has 0 spiro atoms. The summed E-state index contributed by atoms with van der Waals surface area (Å²) in [6.07, 6.45) is -2.00. The van der Waals surface area contributed by atoms with Crippen molar-refractivity contribution in [2.75, 3.05) is 13.1 Å². The number of aliphatic hydroxyl groups excluding tert-OH is 1. The molecule has 1 aromatic rings. The van der Waals surface area contributed by atoms with Crippen LogP contribution in [0, 0.1) is 23.2 Å². The molecule has 13 heteroatoms. The molecule has 41 heavy (non-hydrogen) atoms. The van der Waals surface area contributed by atoms with Crippen LogP contribution in [-0.2, 0) is 30.3 Å². The van der Waals surface area contributed by atoms with Crippen molar-refractivity contribution in [3.8, 4) is 6.07 Å². The van der Waals surface area contributed by atoms with Crippen LogP contribution in [0.25, 0.3) is 0 Å². The smallest absolute Gasteiger partial charge is 0.407 e. The predicted molar refractivity (Wildman–Crippen MR) is 150 cm³/mol. The summed E-state index contributed by atoms with van der Waals surface area (Å²) >= 11 is 0. The minimum atomic E-state index is -1.36. The minimum absolute atomic E-state index is 0.0332. The Labute approximate surface area is 240 Å². The van der Waals surface area contributed by atoms with Crippen LogP contribution < -0.4 is 27.0 Å². The van der Waals surface area contributed by atoms with Gasteiger partial charge in [-0.2, -0.15) is 5.26 Å². The number of ether oxygens (including phenoxy) is 1. The number of nitrogens with two attached hydrogens (primary N) is 1. The Hall–Kier alpha value is -4.18. The summed E-state index contributed by atoms with van der Waals surface area (Å²) in [6, 6.07) is 8.97. The molecule has 0 aromatic heterocycles. The van der Waals surface area contributed by atoms with Crippen molar-refractivity contribution in [3.05, 3.63) is 35.9 Å². The largest absolute Gasteiger partial charge is 0.444 e. The second-order valence-corrected chi connectivity index (χ2v) is 11.1. The van der Waals surface area contributed by atoms with E-state index in [0.29, 0.717) is 0 Å². The number of benzene rings is 1. The molecular formula is C28H42N6O7. The van der Waals surface area contributed by atoms with Gasteiger partial charge in [0.05, 0.1) is 31.3 Å². The van der Waals surface area contributed by atoms with E-state index in [2.05, 4.69) is 21.3 Å². The molecule has 0 aliphatic carbocycles. The lowest BCUT2D eigenvalue weighted by molar-refractivity contribution is -0.132. The van der Waals surface area contributed by atoms with E-state index in [0.717, 1.165) is 5.56 Å². The van der Waals surface area contributed by atoms with Crippen LogP contribution in [0.2, 0.25) is 0 Å². The Bertz CT molecular complexity index is 1080. The van der Waals surface area contributed by atoms with Crippen molar-refractivity contribution in [1.82, 2.24) is 21.3 Å². The van der Waals surface area contributed by atoms with Gasteiger partial charge in [0.1, 0.15) is 17.6 Å². The number of hydrogen-bond donors (Lipinski definition) is 6. The second kappa shape index (κ2) is 16.8. The number of nitrogens with zero attached hydrogens (tertiary/aromatic N) is 1. The van der Waals surface area contributed by atoms with Crippen LogP contribution >= 0.6 is 0 Å². The number of alkyl carbamates (subject to hydrolysis) is 1. The molecule has 0 saturated heterocycles. The number of amides is 5. The van der Waals surface area contributed by atoms with Crippen LogP contribution in [0.15, 0.2) is 30.3 Å². The lowest BCUT2D eigenvalue weighted by Crippen LogP contribution is -2.52. The highest BCUT2D eigenvalue weighted by molar-refractivity contribution is 5.92. The Morgan fingerprint density at radius 3 is 2.15 bits per heavy atom. The lowest BCUT2D eigenvalue weighted by atomic mass is 9.93. The molecule has 4 atom stereocenters. The van der Waals surface area contributed by atoms with Crippen LogP contribution in [0.1, 0.15) is 53.0 Å². The first-order valence-corrected chi connectivity index (χ1v) is 13.4. The van der Waals surface area contributed by atoms with Gasteiger partial charge in [-0.1, -0.05) is 44.2 Å². The van der Waals surface area contributed by atoms with Gasteiger partial charge in [-0.05, 0) is 45.1 Å². The third kappa shape index (κ3) is 14.7. The van der Waals surface area contributed by atoms with Gasteiger partial charge in [0.25, 0.3) is 0 Å². The van der Waals surface area contributed by atoms with Gasteiger partial charge < -0.3 is 36.8 Å². The molecule has 0 aliphatic rings. The van der Waals surface area contributed by atoms with E-state index in [1.54, 1.807) is 32.9 Å². The fourth-order valence-electron chi connectivity index (χ4n) is 3.75. The first-order chi connectivity index (χ1) is 19.1. The summed E-state index contributed by atoms with van der Waals surface area (Å²) in [5, 5.41) is 30.6. The monoisotopic (exact) mass is 574 g/mol. The van der Waals surface area contributed by atoms with Gasteiger partial charge >= 0.3 is 6.09 Å². The average molecular weight is 575 g/mol. The predicted octanol–water partition coefficient (Wildman–Crippen LogP) is 0.262. The SMILES string of the molecule is CC(C)C[C@H](NC(=O)C(C#N)CC(O)[C@H](Cc1ccccc1)NC(=O)OC(C)(C)C)C(=O)NCC(=O)NCC(N)=O. The van der Waals surface area contributed by atoms with Gasteiger partial charge in [0, 0.05) is 6.42 Å². The van der Waals surface area contributed by atoms with E-state index < -0.39 is 66.0 Å². The van der Waals surface area contributed by atoms with Crippen LogP contribution in [0.3, 0.4) is 0 Å². The molecule has 226 valence electrons. The Kier molecular flexibility index (Phi) is 14.3. The van der Waals surface area contributed by atoms with Gasteiger partial charge in [-0.25, -0.2) is 4.79 Å². The zero-order valence-corrected chi connectivity index (χ0v) is 24.2. The highest BCUT2D eigenvalue weighted by atomic mass is 16.6. The van der Waals surface area contributed by atoms with Crippen molar-refractivity contribution >= 4 is 29.7 Å². The third-order valence-corrected chi connectivity index (χ3v) is 5.64. The number of aliphatic hydroxyl groups is 1. The highest BCUT2D eigenvalue weighted by Crippen LogP contribution is 2.16. The molecule has 0 heterocycles. The molecule has 2 unspecified atom stereocenters. The van der Waals surface area contributed by atoms with Crippen LogP contribution in [-0.4, -0.2) is 71.7 Å². The summed E-state index contributed by atoms with van der Waals surface area (Å²) in [6.45, 7) is 7.91. The molecule has 0 saturated carbocycles. The lowest BCUT2D eigenvalue weighted by Gasteiger charge is -2.28. The molecule has 13 nitrogen and oxygen atoms in total. The van der Waals surface area contributed by atoms with E-state index >= 15 is 0 Å². The van der Waals surface area contributed by atoms with Crippen LogP contribution in [0.5, 0.6) is 0 Å². The normalized spacial score (nSPS) is 14.0.